The minimum atomic E-state index is -2.68. The molecule has 1 fully saturated rings. The Morgan fingerprint density at radius 2 is 2.03 bits per heavy atom. The van der Waals surface area contributed by atoms with Crippen molar-refractivity contribution in [1.29, 1.82) is 0 Å². The SMILES string of the molecule is Cc1cc(Nc2nccc(C(F)F)n2)cc(-c2cnc(C(C)(O)C3CCC(C(=O)O)C(C)C3)s2)c1. The molecule has 4 atom stereocenters. The van der Waals surface area contributed by atoms with Gasteiger partial charge in [0.05, 0.1) is 10.8 Å². The second-order valence-corrected chi connectivity index (χ2v) is 10.5. The number of anilines is 2. The van der Waals surface area contributed by atoms with Crippen LogP contribution in [0.3, 0.4) is 0 Å². The highest BCUT2D eigenvalue weighted by molar-refractivity contribution is 7.15. The van der Waals surface area contributed by atoms with Crippen LogP contribution in [0.1, 0.15) is 55.8 Å². The third-order valence-electron chi connectivity index (χ3n) is 6.74. The number of alkyl halides is 2. The van der Waals surface area contributed by atoms with Crippen LogP contribution >= 0.6 is 11.3 Å². The maximum Gasteiger partial charge on any atom is 0.306 e. The van der Waals surface area contributed by atoms with Gasteiger partial charge in [0, 0.05) is 18.1 Å². The van der Waals surface area contributed by atoms with Crippen LogP contribution in [-0.4, -0.2) is 31.1 Å². The number of aliphatic carboxylic acids is 1. The number of rotatable bonds is 7. The number of aliphatic hydroxyl groups is 1. The van der Waals surface area contributed by atoms with E-state index in [1.807, 2.05) is 32.0 Å². The average molecular weight is 503 g/mol. The zero-order chi connectivity index (χ0) is 25.3. The van der Waals surface area contributed by atoms with Gasteiger partial charge in [0.1, 0.15) is 16.3 Å². The van der Waals surface area contributed by atoms with E-state index in [-0.39, 0.29) is 29.4 Å². The average Bonchev–Trinajstić information content (AvgIpc) is 3.30. The fraction of sp³-hybridized carbons (Fsp3) is 0.440. The second-order valence-electron chi connectivity index (χ2n) is 9.43. The first-order valence-corrected chi connectivity index (χ1v) is 12.3. The predicted octanol–water partition coefficient (Wildman–Crippen LogP) is 5.93. The smallest absolute Gasteiger partial charge is 0.306 e. The number of aromatic nitrogens is 3. The number of carboxylic acid groups (broad SMARTS) is 1. The molecule has 4 rings (SSSR count). The summed E-state index contributed by atoms with van der Waals surface area (Å²) in [7, 11) is 0. The summed E-state index contributed by atoms with van der Waals surface area (Å²) in [6, 6.07) is 6.88. The molecule has 2 aromatic heterocycles. The summed E-state index contributed by atoms with van der Waals surface area (Å²) in [5, 5.41) is 24.4. The van der Waals surface area contributed by atoms with Gasteiger partial charge < -0.3 is 15.5 Å². The highest BCUT2D eigenvalue weighted by Crippen LogP contribution is 2.45. The topological polar surface area (TPSA) is 108 Å². The molecule has 3 aromatic rings. The van der Waals surface area contributed by atoms with Gasteiger partial charge in [0.25, 0.3) is 6.43 Å². The fourth-order valence-electron chi connectivity index (χ4n) is 4.77. The van der Waals surface area contributed by atoms with Crippen LogP contribution < -0.4 is 5.32 Å². The lowest BCUT2D eigenvalue weighted by atomic mass is 9.69. The molecular weight excluding hydrogens is 474 g/mol. The lowest BCUT2D eigenvalue weighted by Crippen LogP contribution is -2.39. The van der Waals surface area contributed by atoms with E-state index < -0.39 is 18.0 Å². The molecule has 0 spiro atoms. The molecule has 186 valence electrons. The Morgan fingerprint density at radius 1 is 1.26 bits per heavy atom. The van der Waals surface area contributed by atoms with Crippen LogP contribution in [0.2, 0.25) is 0 Å². The van der Waals surface area contributed by atoms with Gasteiger partial charge in [-0.1, -0.05) is 13.0 Å². The summed E-state index contributed by atoms with van der Waals surface area (Å²) >= 11 is 1.39. The van der Waals surface area contributed by atoms with Gasteiger partial charge in [-0.15, -0.1) is 11.3 Å². The number of carbonyl (C=O) groups is 1. The Morgan fingerprint density at radius 3 is 2.71 bits per heavy atom. The van der Waals surface area contributed by atoms with Gasteiger partial charge in [0.2, 0.25) is 5.95 Å². The van der Waals surface area contributed by atoms with E-state index in [1.54, 1.807) is 13.1 Å². The van der Waals surface area contributed by atoms with Crippen molar-refractivity contribution in [1.82, 2.24) is 15.0 Å². The summed E-state index contributed by atoms with van der Waals surface area (Å²) in [4.78, 5) is 24.7. The number of hydrogen-bond acceptors (Lipinski definition) is 7. The largest absolute Gasteiger partial charge is 0.481 e. The minimum absolute atomic E-state index is 0.0200. The summed E-state index contributed by atoms with van der Waals surface area (Å²) in [5.41, 5.74) is 0.928. The summed E-state index contributed by atoms with van der Waals surface area (Å²) in [6.45, 7) is 5.60. The molecule has 3 N–H and O–H groups in total. The van der Waals surface area contributed by atoms with Crippen molar-refractivity contribution in [3.63, 3.8) is 0 Å². The third-order valence-corrected chi connectivity index (χ3v) is 8.01. The van der Waals surface area contributed by atoms with Gasteiger partial charge in [0.15, 0.2) is 0 Å². The van der Waals surface area contributed by atoms with Crippen molar-refractivity contribution in [2.75, 3.05) is 5.32 Å². The number of nitrogens with zero attached hydrogens (tertiary/aromatic N) is 3. The van der Waals surface area contributed by atoms with E-state index in [1.165, 1.54) is 23.6 Å². The molecule has 2 heterocycles. The Hall–Kier alpha value is -2.98. The molecule has 0 aliphatic heterocycles. The quantitative estimate of drug-likeness (QED) is 0.367. The van der Waals surface area contributed by atoms with Gasteiger partial charge in [-0.25, -0.2) is 23.7 Å². The van der Waals surface area contributed by atoms with E-state index in [9.17, 15) is 23.8 Å². The molecule has 10 heteroatoms. The number of hydrogen-bond donors (Lipinski definition) is 3. The summed E-state index contributed by atoms with van der Waals surface area (Å²) < 4.78 is 25.9. The number of nitrogens with one attached hydrogen (secondary N) is 1. The van der Waals surface area contributed by atoms with Crippen LogP contribution in [-0.2, 0) is 10.4 Å². The minimum Gasteiger partial charge on any atom is -0.481 e. The van der Waals surface area contributed by atoms with Crippen molar-refractivity contribution in [3.8, 4) is 10.4 Å². The monoisotopic (exact) mass is 502 g/mol. The van der Waals surface area contributed by atoms with E-state index in [0.29, 0.717) is 30.0 Å². The number of carboxylic acids is 1. The van der Waals surface area contributed by atoms with Crippen LogP contribution in [0, 0.1) is 24.7 Å². The lowest BCUT2D eigenvalue weighted by Gasteiger charge is -2.39. The molecule has 4 unspecified atom stereocenters. The van der Waals surface area contributed by atoms with Crippen molar-refractivity contribution < 1.29 is 23.8 Å². The maximum absolute atomic E-state index is 13.0. The normalized spacial score (nSPS) is 22.1. The van der Waals surface area contributed by atoms with Crippen molar-refractivity contribution in [3.05, 3.63) is 52.9 Å². The lowest BCUT2D eigenvalue weighted by molar-refractivity contribution is -0.146. The maximum atomic E-state index is 13.0. The number of thiazole rings is 1. The highest BCUT2D eigenvalue weighted by atomic mass is 32.1. The standard InChI is InChI=1S/C25H28F2N4O3S/c1-13-8-15(11-17(9-13)30-24-28-7-6-19(31-24)21(26)27)20-12-29-23(35-20)25(3,34)16-4-5-18(22(32)33)14(2)10-16/h6-9,11-12,14,16,18,21,34H,4-5,10H2,1-3H3,(H,32,33)(H,28,30,31). The first-order chi connectivity index (χ1) is 16.5. The van der Waals surface area contributed by atoms with Gasteiger partial charge in [-0.2, -0.15) is 0 Å². The molecular formula is C25H28F2N4O3S. The molecule has 0 bridgehead atoms. The Labute approximate surface area is 206 Å². The Kier molecular flexibility index (Phi) is 7.14. The van der Waals surface area contributed by atoms with Crippen molar-refractivity contribution >= 4 is 28.9 Å². The van der Waals surface area contributed by atoms with Crippen LogP contribution in [0.15, 0.2) is 36.7 Å². The van der Waals surface area contributed by atoms with Crippen LogP contribution in [0.25, 0.3) is 10.4 Å². The first-order valence-electron chi connectivity index (χ1n) is 11.5. The van der Waals surface area contributed by atoms with Crippen LogP contribution in [0.4, 0.5) is 20.4 Å². The molecule has 1 aliphatic rings. The van der Waals surface area contributed by atoms with Crippen LogP contribution in [0.5, 0.6) is 0 Å². The number of benzene rings is 1. The van der Waals surface area contributed by atoms with E-state index in [4.69, 9.17) is 0 Å². The Balaban J connectivity index is 1.55. The molecule has 0 radical (unpaired) electrons. The molecule has 1 saturated carbocycles. The zero-order valence-corrected chi connectivity index (χ0v) is 20.5. The van der Waals surface area contributed by atoms with Crippen molar-refractivity contribution in [2.24, 2.45) is 17.8 Å². The fourth-order valence-corrected chi connectivity index (χ4v) is 5.80. The number of aryl methyl sites for hydroxylation is 1. The highest BCUT2D eigenvalue weighted by Gasteiger charge is 2.42. The van der Waals surface area contributed by atoms with E-state index in [0.717, 1.165) is 16.0 Å². The van der Waals surface area contributed by atoms with Gasteiger partial charge in [-0.3, -0.25) is 4.79 Å². The molecule has 0 amide bonds. The van der Waals surface area contributed by atoms with E-state index in [2.05, 4.69) is 20.3 Å². The predicted molar refractivity (Wildman–Crippen MR) is 130 cm³/mol. The first kappa shape index (κ1) is 25.1. The Bertz CT molecular complexity index is 1220. The molecule has 35 heavy (non-hydrogen) atoms. The van der Waals surface area contributed by atoms with Crippen molar-refractivity contribution in [2.45, 2.75) is 52.1 Å². The van der Waals surface area contributed by atoms with Gasteiger partial charge >= 0.3 is 5.97 Å². The molecule has 1 aliphatic carbocycles. The summed E-state index contributed by atoms with van der Waals surface area (Å²) in [6.07, 6.45) is 2.10. The van der Waals surface area contributed by atoms with Gasteiger partial charge in [-0.05, 0) is 74.3 Å². The molecule has 1 aromatic carbocycles. The number of halogens is 2. The summed E-state index contributed by atoms with van der Waals surface area (Å²) in [5.74, 6) is -1.17. The molecule has 0 saturated heterocycles. The molecule has 7 nitrogen and oxygen atoms in total. The zero-order valence-electron chi connectivity index (χ0n) is 19.7. The third kappa shape index (κ3) is 5.48. The van der Waals surface area contributed by atoms with E-state index >= 15 is 0 Å². The second kappa shape index (κ2) is 9.94.